The van der Waals surface area contributed by atoms with E-state index in [1.54, 1.807) is 0 Å². The zero-order valence-electron chi connectivity index (χ0n) is 13.9. The highest BCUT2D eigenvalue weighted by Gasteiger charge is 1.67. The highest BCUT2D eigenvalue weighted by atomic mass is 13.7. The standard InChI is InChI=1S/C24H24/c1-2-4-6-8-10-12-14-16-18-20-22-24-23-21-19-17-15-13-11-9-7-5-3-1/h1-24H/b2-1-,3-1?,4-2?,5-3+,6-4+,7-5?,8-6?,9-7+,10-8+,11-9?,12-10?,13-11+,14-12+,15-13?,16-14?,17-15-,18-16+,19-17?,20-18?,21-19+,22-20+,23-21?,24-22?,24-23+. The van der Waals surface area contributed by atoms with Crippen LogP contribution in [-0.4, -0.2) is 0 Å². The fraction of sp³-hybridized carbons (Fsp3) is 0. The number of rotatable bonds is 0. The number of hydrogen-bond donors (Lipinski definition) is 0. The molecule has 0 atom stereocenters. The topological polar surface area (TPSA) is 0 Å². The average molecular weight is 312 g/mol. The molecule has 0 amide bonds. The van der Waals surface area contributed by atoms with E-state index in [0.29, 0.717) is 0 Å². The zero-order chi connectivity index (χ0) is 17.0. The Hall–Kier alpha value is -3.12. The van der Waals surface area contributed by atoms with Crippen LogP contribution in [0.2, 0.25) is 0 Å². The van der Waals surface area contributed by atoms with Crippen LogP contribution in [0, 0.1) is 0 Å². The van der Waals surface area contributed by atoms with Gasteiger partial charge in [-0.05, 0) is 0 Å². The van der Waals surface area contributed by atoms with Crippen molar-refractivity contribution >= 4 is 0 Å². The molecule has 0 heteroatoms. The molecule has 0 heterocycles. The van der Waals surface area contributed by atoms with Gasteiger partial charge in [0.05, 0.1) is 0 Å². The van der Waals surface area contributed by atoms with Crippen molar-refractivity contribution in [3.63, 3.8) is 0 Å². The second kappa shape index (κ2) is 16.3. The van der Waals surface area contributed by atoms with Crippen LogP contribution in [0.4, 0.5) is 0 Å². The van der Waals surface area contributed by atoms with Gasteiger partial charge in [0.2, 0.25) is 0 Å². The molecule has 1 aliphatic rings. The van der Waals surface area contributed by atoms with Crippen LogP contribution in [0.25, 0.3) is 0 Å². The Morgan fingerprint density at radius 3 is 0.167 bits per heavy atom. The summed E-state index contributed by atoms with van der Waals surface area (Å²) in [5, 5.41) is 0. The quantitative estimate of drug-likeness (QED) is 0.468. The second-order valence-electron chi connectivity index (χ2n) is 4.62. The first kappa shape index (κ1) is 18.9. The smallest absolute Gasteiger partial charge is 0.0623 e. The van der Waals surface area contributed by atoms with Crippen LogP contribution >= 0.6 is 0 Å². The Morgan fingerprint density at radius 1 is 0.0833 bits per heavy atom. The summed E-state index contributed by atoms with van der Waals surface area (Å²) in [6, 6.07) is 0. The minimum Gasteiger partial charge on any atom is -0.0623 e. The molecular weight excluding hydrogens is 288 g/mol. The molecule has 1 rings (SSSR count). The van der Waals surface area contributed by atoms with Gasteiger partial charge < -0.3 is 0 Å². The molecule has 24 heavy (non-hydrogen) atoms. The first-order valence-corrected chi connectivity index (χ1v) is 8.00. The van der Waals surface area contributed by atoms with Gasteiger partial charge in [-0.15, -0.1) is 0 Å². The van der Waals surface area contributed by atoms with Crippen LogP contribution in [-0.2, 0) is 0 Å². The lowest BCUT2D eigenvalue weighted by Crippen LogP contribution is -1.55. The van der Waals surface area contributed by atoms with Gasteiger partial charge in [0.25, 0.3) is 0 Å². The lowest BCUT2D eigenvalue weighted by atomic mass is 10.3. The summed E-state index contributed by atoms with van der Waals surface area (Å²) in [6.07, 6.45) is 48.0. The molecule has 0 bridgehead atoms. The van der Waals surface area contributed by atoms with Crippen molar-refractivity contribution in [1.82, 2.24) is 0 Å². The lowest BCUT2D eigenvalue weighted by molar-refractivity contribution is 1.81. The molecule has 0 aromatic carbocycles. The summed E-state index contributed by atoms with van der Waals surface area (Å²) in [5.41, 5.74) is 0. The van der Waals surface area contributed by atoms with Crippen molar-refractivity contribution in [2.24, 2.45) is 0 Å². The Kier molecular flexibility index (Phi) is 12.8. The van der Waals surface area contributed by atoms with Gasteiger partial charge >= 0.3 is 0 Å². The van der Waals surface area contributed by atoms with Crippen molar-refractivity contribution in [3.8, 4) is 0 Å². The zero-order valence-corrected chi connectivity index (χ0v) is 13.9. The average Bonchev–Trinajstić information content (AvgIpc) is 2.59. The van der Waals surface area contributed by atoms with Crippen molar-refractivity contribution in [1.29, 1.82) is 0 Å². The van der Waals surface area contributed by atoms with E-state index < -0.39 is 0 Å². The normalized spacial score (nSPS) is 32.0. The Morgan fingerprint density at radius 2 is 0.125 bits per heavy atom. The van der Waals surface area contributed by atoms with E-state index in [1.165, 1.54) is 0 Å². The fourth-order valence-corrected chi connectivity index (χ4v) is 1.54. The van der Waals surface area contributed by atoms with Crippen molar-refractivity contribution in [2.45, 2.75) is 0 Å². The van der Waals surface area contributed by atoms with Crippen LogP contribution in [0.3, 0.4) is 0 Å². The molecule has 0 saturated heterocycles. The van der Waals surface area contributed by atoms with E-state index >= 15 is 0 Å². The summed E-state index contributed by atoms with van der Waals surface area (Å²) in [6.45, 7) is 0. The molecule has 0 N–H and O–H groups in total. The molecule has 0 aliphatic heterocycles. The van der Waals surface area contributed by atoms with Gasteiger partial charge in [0.15, 0.2) is 0 Å². The maximum absolute atomic E-state index is 2.00. The molecule has 0 radical (unpaired) electrons. The van der Waals surface area contributed by atoms with E-state index in [2.05, 4.69) is 0 Å². The SMILES string of the molecule is C1=C\C=C\C=C\C=C\C=C\C=C\C=C\C=C\C=C/C=C/C=C/C=C/1. The van der Waals surface area contributed by atoms with Gasteiger partial charge in [-0.3, -0.25) is 0 Å². The fourth-order valence-electron chi connectivity index (χ4n) is 1.54. The minimum atomic E-state index is 2.00. The molecule has 0 fully saturated rings. The summed E-state index contributed by atoms with van der Waals surface area (Å²) >= 11 is 0. The van der Waals surface area contributed by atoms with E-state index in [-0.39, 0.29) is 0 Å². The Balaban J connectivity index is 2.67. The highest BCUT2D eigenvalue weighted by Crippen LogP contribution is 1.88. The van der Waals surface area contributed by atoms with Gasteiger partial charge in [0.1, 0.15) is 0 Å². The van der Waals surface area contributed by atoms with E-state index in [9.17, 15) is 0 Å². The Labute approximate surface area is 146 Å². The maximum Gasteiger partial charge on any atom is -0.0623 e. The summed E-state index contributed by atoms with van der Waals surface area (Å²) < 4.78 is 0. The van der Waals surface area contributed by atoms with Crippen LogP contribution in [0.1, 0.15) is 0 Å². The highest BCUT2D eigenvalue weighted by molar-refractivity contribution is 5.24. The largest absolute Gasteiger partial charge is 0.0623 e. The number of allylic oxidation sites excluding steroid dienone is 24. The predicted octanol–water partition coefficient (Wildman–Crippen LogP) is 6.67. The lowest BCUT2D eigenvalue weighted by Gasteiger charge is -1.77. The van der Waals surface area contributed by atoms with Crippen LogP contribution < -0.4 is 0 Å². The van der Waals surface area contributed by atoms with Gasteiger partial charge in [-0.1, -0.05) is 146 Å². The van der Waals surface area contributed by atoms with Crippen molar-refractivity contribution < 1.29 is 0 Å². The van der Waals surface area contributed by atoms with Gasteiger partial charge in [-0.2, -0.15) is 0 Å². The molecule has 0 saturated carbocycles. The third kappa shape index (κ3) is 13.8. The molecule has 0 nitrogen and oxygen atoms in total. The van der Waals surface area contributed by atoms with E-state index in [4.69, 9.17) is 0 Å². The first-order chi connectivity index (χ1) is 12.0. The number of hydrogen-bond acceptors (Lipinski definition) is 0. The maximum atomic E-state index is 2.00. The second-order valence-corrected chi connectivity index (χ2v) is 4.62. The third-order valence-corrected chi connectivity index (χ3v) is 2.67. The monoisotopic (exact) mass is 312 g/mol. The molecule has 120 valence electrons. The summed E-state index contributed by atoms with van der Waals surface area (Å²) in [4.78, 5) is 0. The molecular formula is C24H24. The minimum absolute atomic E-state index is 2.00. The van der Waals surface area contributed by atoms with Crippen LogP contribution in [0.15, 0.2) is 146 Å². The third-order valence-electron chi connectivity index (χ3n) is 2.67. The molecule has 0 unspecified atom stereocenters. The molecule has 0 aromatic rings. The first-order valence-electron chi connectivity index (χ1n) is 8.00. The van der Waals surface area contributed by atoms with E-state index in [0.717, 1.165) is 0 Å². The summed E-state index contributed by atoms with van der Waals surface area (Å²) in [5.74, 6) is 0. The van der Waals surface area contributed by atoms with Crippen LogP contribution in [0.5, 0.6) is 0 Å². The molecule has 1 aliphatic carbocycles. The van der Waals surface area contributed by atoms with Gasteiger partial charge in [-0.25, -0.2) is 0 Å². The Bertz CT molecular complexity index is 398. The predicted molar refractivity (Wildman–Crippen MR) is 110 cm³/mol. The van der Waals surface area contributed by atoms with Crippen molar-refractivity contribution in [2.75, 3.05) is 0 Å². The van der Waals surface area contributed by atoms with Gasteiger partial charge in [0, 0.05) is 0 Å². The molecule has 0 aromatic heterocycles. The molecule has 0 spiro atoms. The summed E-state index contributed by atoms with van der Waals surface area (Å²) in [7, 11) is 0. The van der Waals surface area contributed by atoms with Crippen molar-refractivity contribution in [3.05, 3.63) is 146 Å². The van der Waals surface area contributed by atoms with E-state index in [1.807, 2.05) is 146 Å².